The van der Waals surface area contributed by atoms with E-state index in [1.807, 2.05) is 0 Å². The molecule has 0 N–H and O–H groups in total. The molecule has 0 bridgehead atoms. The van der Waals surface area contributed by atoms with Crippen LogP contribution in [-0.2, 0) is 0 Å². The van der Waals surface area contributed by atoms with Gasteiger partial charge in [-0.15, -0.1) is 0 Å². The molecule has 0 spiro atoms. The highest BCUT2D eigenvalue weighted by molar-refractivity contribution is 7.80. The van der Waals surface area contributed by atoms with Crippen LogP contribution in [0.3, 0.4) is 0 Å². The molecule has 2 atom stereocenters. The summed E-state index contributed by atoms with van der Waals surface area (Å²) in [5.41, 5.74) is 0.524. The first-order valence-corrected chi connectivity index (χ1v) is 8.95. The summed E-state index contributed by atoms with van der Waals surface area (Å²) in [4.78, 5) is 5.53. The lowest BCUT2D eigenvalue weighted by atomic mass is 9.74. The van der Waals surface area contributed by atoms with Crippen LogP contribution in [0.4, 0.5) is 0 Å². The van der Waals surface area contributed by atoms with Crippen LogP contribution < -0.4 is 0 Å². The van der Waals surface area contributed by atoms with E-state index < -0.39 is 0 Å². The molecule has 3 fully saturated rings. The van der Waals surface area contributed by atoms with Crippen molar-refractivity contribution in [3.63, 3.8) is 0 Å². The summed E-state index contributed by atoms with van der Waals surface area (Å²) in [7, 11) is 0. The minimum atomic E-state index is 0.524. The van der Waals surface area contributed by atoms with Crippen LogP contribution in [0.25, 0.3) is 0 Å². The summed E-state index contributed by atoms with van der Waals surface area (Å²) in [6, 6.07) is 1.60. The molecule has 2 saturated heterocycles. The third kappa shape index (κ3) is 2.98. The van der Waals surface area contributed by atoms with Gasteiger partial charge in [-0.05, 0) is 50.3 Å². The Hall–Kier alpha value is 0.270. The average Bonchev–Trinajstić information content (AvgIpc) is 2.87. The molecule has 3 rings (SSSR count). The Bertz CT molecular complexity index is 301. The van der Waals surface area contributed by atoms with Gasteiger partial charge in [0.15, 0.2) is 0 Å². The Labute approximate surface area is 124 Å². The predicted octanol–water partition coefficient (Wildman–Crippen LogP) is 3.04. The van der Waals surface area contributed by atoms with E-state index in [0.29, 0.717) is 5.41 Å². The fourth-order valence-corrected chi connectivity index (χ4v) is 4.98. The summed E-state index contributed by atoms with van der Waals surface area (Å²) in [5.74, 6) is 1.09. The molecule has 2 aliphatic heterocycles. The predicted molar refractivity (Wildman–Crippen MR) is 85.0 cm³/mol. The van der Waals surface area contributed by atoms with E-state index in [1.54, 1.807) is 0 Å². The smallest absolute Gasteiger partial charge is 0.0224 e. The van der Waals surface area contributed by atoms with Crippen LogP contribution in [0.2, 0.25) is 0 Å². The largest absolute Gasteiger partial charge is 0.298 e. The number of thiol groups is 1. The number of hydrogen-bond acceptors (Lipinski definition) is 3. The molecule has 2 unspecified atom stereocenters. The summed E-state index contributed by atoms with van der Waals surface area (Å²) in [6.07, 6.45) is 9.97. The van der Waals surface area contributed by atoms with Gasteiger partial charge in [0.1, 0.15) is 0 Å². The molecule has 19 heavy (non-hydrogen) atoms. The van der Waals surface area contributed by atoms with Crippen LogP contribution in [0.1, 0.15) is 51.9 Å². The van der Waals surface area contributed by atoms with E-state index in [2.05, 4.69) is 16.7 Å². The SMILES string of the molecule is CC1CN2CCCC2CN1CC1(CS)CCCCC1. The Kier molecular flexibility index (Phi) is 4.45. The lowest BCUT2D eigenvalue weighted by Crippen LogP contribution is -2.57. The molecular weight excluding hydrogens is 252 g/mol. The number of piperazine rings is 1. The fourth-order valence-electron chi connectivity index (χ4n) is 4.57. The first-order valence-electron chi connectivity index (χ1n) is 8.31. The standard InChI is InChI=1S/C16H30N2S/c1-14-10-17-9-5-6-15(17)11-18(14)12-16(13-19)7-3-2-4-8-16/h14-15,19H,2-13H2,1H3. The van der Waals surface area contributed by atoms with E-state index in [1.165, 1.54) is 71.1 Å². The first-order chi connectivity index (χ1) is 9.22. The highest BCUT2D eigenvalue weighted by atomic mass is 32.1. The average molecular weight is 282 g/mol. The highest BCUT2D eigenvalue weighted by Gasteiger charge is 2.39. The van der Waals surface area contributed by atoms with Gasteiger partial charge >= 0.3 is 0 Å². The molecule has 0 amide bonds. The lowest BCUT2D eigenvalue weighted by Gasteiger charge is -2.47. The van der Waals surface area contributed by atoms with Gasteiger partial charge in [0.05, 0.1) is 0 Å². The van der Waals surface area contributed by atoms with Crippen molar-refractivity contribution in [1.82, 2.24) is 9.80 Å². The van der Waals surface area contributed by atoms with Gasteiger partial charge in [-0.1, -0.05) is 19.3 Å². The van der Waals surface area contributed by atoms with Crippen molar-refractivity contribution in [2.45, 2.75) is 64.0 Å². The third-order valence-corrected chi connectivity index (χ3v) is 6.53. The van der Waals surface area contributed by atoms with Crippen LogP contribution in [0.15, 0.2) is 0 Å². The first kappa shape index (κ1) is 14.2. The maximum atomic E-state index is 4.72. The van der Waals surface area contributed by atoms with Gasteiger partial charge in [-0.2, -0.15) is 12.6 Å². The quantitative estimate of drug-likeness (QED) is 0.795. The van der Waals surface area contributed by atoms with Crippen LogP contribution in [-0.4, -0.2) is 53.8 Å². The zero-order valence-electron chi connectivity index (χ0n) is 12.5. The molecule has 1 saturated carbocycles. The zero-order valence-corrected chi connectivity index (χ0v) is 13.4. The molecule has 3 heteroatoms. The second kappa shape index (κ2) is 5.95. The van der Waals surface area contributed by atoms with Gasteiger partial charge in [-0.25, -0.2) is 0 Å². The molecule has 2 nitrogen and oxygen atoms in total. The van der Waals surface area contributed by atoms with E-state index in [4.69, 9.17) is 12.6 Å². The Morgan fingerprint density at radius 1 is 1.11 bits per heavy atom. The summed E-state index contributed by atoms with van der Waals surface area (Å²) >= 11 is 4.72. The van der Waals surface area contributed by atoms with Crippen molar-refractivity contribution in [3.8, 4) is 0 Å². The van der Waals surface area contributed by atoms with Gasteiger partial charge in [0.25, 0.3) is 0 Å². The van der Waals surface area contributed by atoms with Gasteiger partial charge in [-0.3, -0.25) is 9.80 Å². The minimum absolute atomic E-state index is 0.524. The molecule has 3 aliphatic rings. The van der Waals surface area contributed by atoms with Crippen molar-refractivity contribution in [1.29, 1.82) is 0 Å². The molecule has 1 aliphatic carbocycles. The van der Waals surface area contributed by atoms with Gasteiger partial charge in [0, 0.05) is 31.7 Å². The normalized spacial score (nSPS) is 36.3. The van der Waals surface area contributed by atoms with E-state index in [-0.39, 0.29) is 0 Å². The van der Waals surface area contributed by atoms with Gasteiger partial charge in [0.2, 0.25) is 0 Å². The van der Waals surface area contributed by atoms with E-state index >= 15 is 0 Å². The van der Waals surface area contributed by atoms with Crippen molar-refractivity contribution in [2.24, 2.45) is 5.41 Å². The number of rotatable bonds is 3. The van der Waals surface area contributed by atoms with Crippen molar-refractivity contribution in [3.05, 3.63) is 0 Å². The Morgan fingerprint density at radius 3 is 2.63 bits per heavy atom. The summed E-state index contributed by atoms with van der Waals surface area (Å²) in [6.45, 7) is 7.70. The molecule has 0 aromatic carbocycles. The summed E-state index contributed by atoms with van der Waals surface area (Å²) < 4.78 is 0. The molecular formula is C16H30N2S. The van der Waals surface area contributed by atoms with Crippen molar-refractivity contribution >= 4 is 12.6 Å². The molecule has 0 aromatic rings. The number of nitrogens with zero attached hydrogens (tertiary/aromatic N) is 2. The highest BCUT2D eigenvalue weighted by Crippen LogP contribution is 2.39. The second-order valence-corrected chi connectivity index (χ2v) is 7.60. The monoisotopic (exact) mass is 282 g/mol. The maximum absolute atomic E-state index is 4.72. The summed E-state index contributed by atoms with van der Waals surface area (Å²) in [5, 5.41) is 0. The number of fused-ring (bicyclic) bond motifs is 1. The van der Waals surface area contributed by atoms with Crippen molar-refractivity contribution < 1.29 is 0 Å². The Morgan fingerprint density at radius 2 is 1.89 bits per heavy atom. The number of hydrogen-bond donors (Lipinski definition) is 1. The van der Waals surface area contributed by atoms with Crippen LogP contribution in [0, 0.1) is 5.41 Å². The molecule has 2 heterocycles. The molecule has 110 valence electrons. The Balaban J connectivity index is 1.64. The molecule has 0 radical (unpaired) electrons. The maximum Gasteiger partial charge on any atom is 0.0224 e. The van der Waals surface area contributed by atoms with E-state index in [9.17, 15) is 0 Å². The third-order valence-electron chi connectivity index (χ3n) is 5.85. The molecule has 0 aromatic heterocycles. The van der Waals surface area contributed by atoms with Crippen molar-refractivity contribution in [2.75, 3.05) is 31.9 Å². The van der Waals surface area contributed by atoms with Crippen LogP contribution >= 0.6 is 12.6 Å². The zero-order chi connectivity index (χ0) is 13.3. The van der Waals surface area contributed by atoms with Gasteiger partial charge < -0.3 is 0 Å². The van der Waals surface area contributed by atoms with E-state index in [0.717, 1.165) is 17.8 Å². The van der Waals surface area contributed by atoms with Crippen LogP contribution in [0.5, 0.6) is 0 Å². The minimum Gasteiger partial charge on any atom is -0.298 e. The lowest BCUT2D eigenvalue weighted by molar-refractivity contribution is 0.0209. The topological polar surface area (TPSA) is 6.48 Å². The second-order valence-electron chi connectivity index (χ2n) is 7.29. The fraction of sp³-hybridized carbons (Fsp3) is 1.00.